The maximum atomic E-state index is 8.47. The Morgan fingerprint density at radius 2 is 0.906 bits per heavy atom. The SMILES string of the molecule is [Cl-].[Cl-].[Hf+4].[NH-]C=O.c1ccc([Si]c2ccccc2)cc1.c1ccc2c(c1)[cH-]c1ccccc12. The molecule has 0 aliphatic rings. The molecule has 0 fully saturated rings. The first-order valence-corrected chi connectivity index (χ1v) is 10.3. The van der Waals surface area contributed by atoms with Crippen molar-refractivity contribution in [2.24, 2.45) is 0 Å². The van der Waals surface area contributed by atoms with Gasteiger partial charge in [-0.15, -0.1) is 39.7 Å². The number of amides is 1. The van der Waals surface area contributed by atoms with Gasteiger partial charge in [0, 0.05) is 6.41 Å². The number of benzene rings is 4. The third-order valence-corrected chi connectivity index (χ3v) is 5.60. The topological polar surface area (TPSA) is 40.9 Å². The Kier molecular flexibility index (Phi) is 15.4. The molecule has 6 heteroatoms. The fourth-order valence-electron chi connectivity index (χ4n) is 3.11. The number of rotatable bonds is 2. The molecule has 0 aromatic heterocycles. The van der Waals surface area contributed by atoms with E-state index >= 15 is 0 Å². The number of hydrogen-bond acceptors (Lipinski definition) is 1. The Bertz CT molecular complexity index is 1080. The third-order valence-electron chi connectivity index (χ3n) is 4.36. The molecule has 5 aromatic carbocycles. The summed E-state index contributed by atoms with van der Waals surface area (Å²) >= 11 is 0. The summed E-state index contributed by atoms with van der Waals surface area (Å²) in [6.45, 7) is 0. The Morgan fingerprint density at radius 1 is 0.594 bits per heavy atom. The van der Waals surface area contributed by atoms with Gasteiger partial charge in [-0.05, 0) is 0 Å². The molecular weight excluding hydrogens is 620 g/mol. The normalized spacial score (nSPS) is 8.88. The van der Waals surface area contributed by atoms with E-state index in [1.54, 1.807) is 0 Å². The van der Waals surface area contributed by atoms with Gasteiger partial charge in [-0.1, -0.05) is 107 Å². The summed E-state index contributed by atoms with van der Waals surface area (Å²) in [4.78, 5) is 8.47. The predicted molar refractivity (Wildman–Crippen MR) is 125 cm³/mol. The summed E-state index contributed by atoms with van der Waals surface area (Å²) in [5.41, 5.74) is 5.53. The fraction of sp³-hybridized carbons (Fsp3) is 0. The first-order chi connectivity index (χ1) is 14.3. The largest absolute Gasteiger partial charge is 4.00 e. The van der Waals surface area contributed by atoms with Crippen molar-refractivity contribution in [2.45, 2.75) is 0 Å². The van der Waals surface area contributed by atoms with Gasteiger partial charge < -0.3 is 35.3 Å². The van der Waals surface area contributed by atoms with Crippen LogP contribution >= 0.6 is 0 Å². The maximum absolute atomic E-state index is 8.47. The molecule has 5 rings (SSSR count). The van der Waals surface area contributed by atoms with Crippen LogP contribution in [0.3, 0.4) is 0 Å². The second-order valence-corrected chi connectivity index (χ2v) is 7.70. The number of carbonyl (C=O) groups is 1. The van der Waals surface area contributed by atoms with Crippen LogP contribution in [0.1, 0.15) is 0 Å². The van der Waals surface area contributed by atoms with E-state index in [0.29, 0.717) is 0 Å². The van der Waals surface area contributed by atoms with Crippen LogP contribution in [0.4, 0.5) is 0 Å². The van der Waals surface area contributed by atoms with Gasteiger partial charge in [0.15, 0.2) is 0 Å². The van der Waals surface area contributed by atoms with Crippen molar-refractivity contribution in [1.29, 1.82) is 0 Å². The van der Waals surface area contributed by atoms with Gasteiger partial charge in [-0.25, -0.2) is 0 Å². The van der Waals surface area contributed by atoms with Gasteiger partial charge in [0.05, 0.1) is 0 Å². The van der Waals surface area contributed by atoms with Gasteiger partial charge >= 0.3 is 25.8 Å². The predicted octanol–water partition coefficient (Wildman–Crippen LogP) is -0.746. The molecule has 0 aliphatic heterocycles. The number of nitrogens with one attached hydrogen (secondary N) is 1. The van der Waals surface area contributed by atoms with E-state index in [2.05, 4.69) is 115 Å². The molecule has 1 N–H and O–H groups in total. The van der Waals surface area contributed by atoms with Crippen molar-refractivity contribution >= 4 is 47.8 Å². The molecule has 0 aliphatic carbocycles. The summed E-state index contributed by atoms with van der Waals surface area (Å²) in [5.74, 6) is 0. The summed E-state index contributed by atoms with van der Waals surface area (Å²) in [5, 5.41) is 8.19. The zero-order valence-electron chi connectivity index (χ0n) is 17.2. The van der Waals surface area contributed by atoms with Crippen molar-refractivity contribution in [1.82, 2.24) is 0 Å². The van der Waals surface area contributed by atoms with Crippen LogP contribution < -0.4 is 35.2 Å². The van der Waals surface area contributed by atoms with E-state index in [9.17, 15) is 0 Å². The summed E-state index contributed by atoms with van der Waals surface area (Å²) in [7, 11) is 0.777. The van der Waals surface area contributed by atoms with Crippen molar-refractivity contribution in [3.63, 3.8) is 0 Å². The molecule has 0 saturated carbocycles. The molecule has 32 heavy (non-hydrogen) atoms. The monoisotopic (exact) mass is 641 g/mol. The maximum Gasteiger partial charge on any atom is 4.00 e. The van der Waals surface area contributed by atoms with Crippen LogP contribution in [-0.4, -0.2) is 15.9 Å². The van der Waals surface area contributed by atoms with Gasteiger partial charge in [0.1, 0.15) is 9.52 Å². The molecule has 2 nitrogen and oxygen atoms in total. The Morgan fingerprint density at radius 3 is 1.28 bits per heavy atom. The minimum Gasteiger partial charge on any atom is -1.00 e. The van der Waals surface area contributed by atoms with E-state index in [-0.39, 0.29) is 57.1 Å². The number of halogens is 2. The van der Waals surface area contributed by atoms with E-state index in [4.69, 9.17) is 10.5 Å². The van der Waals surface area contributed by atoms with Gasteiger partial charge in [-0.2, -0.15) is 0 Å². The second-order valence-electron chi connectivity index (χ2n) is 6.29. The fourth-order valence-corrected chi connectivity index (χ4v) is 4.17. The summed E-state index contributed by atoms with van der Waals surface area (Å²) in [6.07, 6.45) is 0. The average molecular weight is 641 g/mol. The average Bonchev–Trinajstić information content (AvgIpc) is 3.15. The minimum absolute atomic E-state index is 0. The molecule has 2 radical (unpaired) electrons. The minimum atomic E-state index is 0. The number of fused-ring (bicyclic) bond motifs is 3. The molecule has 158 valence electrons. The van der Waals surface area contributed by atoms with E-state index in [1.165, 1.54) is 31.9 Å². The second kappa shape index (κ2) is 16.5. The zero-order chi connectivity index (χ0) is 20.3. The first-order valence-electron chi connectivity index (χ1n) is 9.33. The molecule has 1 amide bonds. The van der Waals surface area contributed by atoms with Crippen LogP contribution in [-0.2, 0) is 30.6 Å². The van der Waals surface area contributed by atoms with E-state index in [1.807, 2.05) is 0 Å². The van der Waals surface area contributed by atoms with Crippen LogP contribution in [0.2, 0.25) is 0 Å². The molecule has 0 atom stereocenters. The van der Waals surface area contributed by atoms with E-state index < -0.39 is 0 Å². The molecule has 0 saturated heterocycles. The van der Waals surface area contributed by atoms with Crippen LogP contribution in [0.15, 0.2) is 115 Å². The van der Waals surface area contributed by atoms with Crippen molar-refractivity contribution in [3.8, 4) is 0 Å². The zero-order valence-corrected chi connectivity index (χ0v) is 23.3. The quantitative estimate of drug-likeness (QED) is 0.142. The first kappa shape index (κ1) is 29.9. The standard InChI is InChI=1S/C13H9.C12H10Si.CH3NO.2ClH.Hf/c1-3-7-12-10(5-1)9-11-6-2-4-8-13(11)12;1-3-7-11(8-4-1)13-12-9-5-2-6-10-12;2-1-3;;;/h1-9H;1-10H;1H,(H2,2,3);2*1H;/q-1;;;;;+4/p-3. The molecule has 0 heterocycles. The van der Waals surface area contributed by atoms with Crippen LogP contribution in [0.5, 0.6) is 0 Å². The van der Waals surface area contributed by atoms with Gasteiger partial charge in [0.2, 0.25) is 0 Å². The Hall–Kier alpha value is -2.11. The van der Waals surface area contributed by atoms with Crippen molar-refractivity contribution < 1.29 is 55.5 Å². The molecule has 0 bridgehead atoms. The third kappa shape index (κ3) is 8.79. The van der Waals surface area contributed by atoms with E-state index in [0.717, 1.165) is 9.52 Å². The van der Waals surface area contributed by atoms with Crippen molar-refractivity contribution in [2.75, 3.05) is 0 Å². The molecular formula is C26H21Cl2HfNOSi. The number of carbonyl (C=O) groups excluding carboxylic acids is 1. The summed E-state index contributed by atoms with van der Waals surface area (Å²) in [6, 6.07) is 40.4. The van der Waals surface area contributed by atoms with Gasteiger partial charge in [-0.3, -0.25) is 0 Å². The molecule has 5 aromatic rings. The molecule has 0 unspecified atom stereocenters. The number of hydrogen-bond donors (Lipinski definition) is 0. The van der Waals surface area contributed by atoms with Crippen LogP contribution in [0, 0.1) is 0 Å². The smallest absolute Gasteiger partial charge is 1.00 e. The Balaban J connectivity index is 0.000000495. The Labute approximate surface area is 223 Å². The van der Waals surface area contributed by atoms with Gasteiger partial charge in [0.25, 0.3) is 0 Å². The van der Waals surface area contributed by atoms with Crippen LogP contribution in [0.25, 0.3) is 27.3 Å². The van der Waals surface area contributed by atoms with Crippen molar-refractivity contribution in [3.05, 3.63) is 121 Å². The summed E-state index contributed by atoms with van der Waals surface area (Å²) < 4.78 is 0. The molecule has 0 spiro atoms.